The van der Waals surface area contributed by atoms with E-state index in [9.17, 15) is 0 Å². The highest BCUT2D eigenvalue weighted by molar-refractivity contribution is 5.60. The van der Waals surface area contributed by atoms with Gasteiger partial charge in [-0.2, -0.15) is 0 Å². The Morgan fingerprint density at radius 3 is 2.60 bits per heavy atom. The Kier molecular flexibility index (Phi) is 0.652. The van der Waals surface area contributed by atoms with Crippen LogP contribution in [0.3, 0.4) is 0 Å². The summed E-state index contributed by atoms with van der Waals surface area (Å²) in [5, 5.41) is 0. The Balaban J connectivity index is 2.30. The second kappa shape index (κ2) is 1.36. The Morgan fingerprint density at radius 1 is 1.30 bits per heavy atom. The van der Waals surface area contributed by atoms with Crippen LogP contribution < -0.4 is 4.74 Å². The van der Waals surface area contributed by atoms with Crippen molar-refractivity contribution in [3.63, 3.8) is 0 Å². The lowest BCUT2D eigenvalue weighted by Crippen LogP contribution is -2.25. The molecule has 1 heteroatoms. The number of para-hydroxylation sites is 1. The van der Waals surface area contributed by atoms with Crippen molar-refractivity contribution in [3.05, 3.63) is 29.3 Å². The summed E-state index contributed by atoms with van der Waals surface area (Å²) in [6, 6.07) is 6.46. The molecule has 1 aromatic carbocycles. The van der Waals surface area contributed by atoms with Crippen LogP contribution in [0.15, 0.2) is 18.2 Å². The highest BCUT2D eigenvalue weighted by Crippen LogP contribution is 2.52. The third-order valence-electron chi connectivity index (χ3n) is 2.48. The van der Waals surface area contributed by atoms with Crippen LogP contribution in [0.4, 0.5) is 0 Å². The van der Waals surface area contributed by atoms with Crippen LogP contribution in [0.2, 0.25) is 0 Å². The van der Waals surface area contributed by atoms with Crippen LogP contribution in [-0.2, 0) is 0 Å². The van der Waals surface area contributed by atoms with E-state index in [2.05, 4.69) is 18.2 Å². The van der Waals surface area contributed by atoms with Crippen LogP contribution in [0.1, 0.15) is 23.5 Å². The Morgan fingerprint density at radius 2 is 2.10 bits per heavy atom. The molecule has 0 unspecified atom stereocenters. The van der Waals surface area contributed by atoms with Crippen molar-refractivity contribution in [2.75, 3.05) is 6.61 Å². The fourth-order valence-corrected chi connectivity index (χ4v) is 1.97. The molecule has 4 bridgehead atoms. The highest BCUT2D eigenvalue weighted by atomic mass is 16.5. The molecule has 0 saturated carbocycles. The SMILES string of the molecule is C1=CC2=C3OCCC2C3=C1. The summed E-state index contributed by atoms with van der Waals surface area (Å²) in [5.41, 5.74) is 2.87. The molecule has 0 amide bonds. The Bertz CT molecular complexity index is 269. The molecule has 3 aliphatic rings. The van der Waals surface area contributed by atoms with Crippen molar-refractivity contribution < 1.29 is 4.74 Å². The van der Waals surface area contributed by atoms with Crippen LogP contribution in [-0.4, -0.2) is 6.61 Å². The van der Waals surface area contributed by atoms with Gasteiger partial charge in [0, 0.05) is 17.0 Å². The molecule has 1 aliphatic heterocycles. The lowest BCUT2D eigenvalue weighted by molar-refractivity contribution is 0.243. The topological polar surface area (TPSA) is 9.23 Å². The number of rotatable bonds is 0. The maximum Gasteiger partial charge on any atom is 0.126 e. The van der Waals surface area contributed by atoms with E-state index < -0.39 is 0 Å². The summed E-state index contributed by atoms with van der Waals surface area (Å²) >= 11 is 0. The maximum atomic E-state index is 5.47. The first-order chi connectivity index (χ1) is 4.97. The average molecular weight is 132 g/mol. The first-order valence-electron chi connectivity index (χ1n) is 3.72. The van der Waals surface area contributed by atoms with Crippen molar-refractivity contribution >= 4 is 0 Å². The average Bonchev–Trinajstić information content (AvgIpc) is 2.08. The zero-order valence-electron chi connectivity index (χ0n) is 5.63. The third kappa shape index (κ3) is 0.348. The summed E-state index contributed by atoms with van der Waals surface area (Å²) in [6.07, 6.45) is 1.19. The zero-order valence-corrected chi connectivity index (χ0v) is 5.63. The van der Waals surface area contributed by atoms with Crippen molar-refractivity contribution in [2.45, 2.75) is 12.3 Å². The van der Waals surface area contributed by atoms with E-state index in [0.717, 1.165) is 12.5 Å². The molecule has 1 aromatic rings. The third-order valence-corrected chi connectivity index (χ3v) is 2.48. The van der Waals surface area contributed by atoms with Gasteiger partial charge < -0.3 is 4.74 Å². The largest absolute Gasteiger partial charge is 0.493 e. The monoisotopic (exact) mass is 132 g/mol. The lowest BCUT2D eigenvalue weighted by Gasteiger charge is -2.37. The van der Waals surface area contributed by atoms with E-state index in [0.29, 0.717) is 0 Å². The smallest absolute Gasteiger partial charge is 0.126 e. The molecule has 1 heterocycles. The number of benzene rings is 1. The molecule has 10 heavy (non-hydrogen) atoms. The van der Waals surface area contributed by atoms with E-state index in [1.807, 2.05) is 0 Å². The molecule has 0 radical (unpaired) electrons. The second-order valence-corrected chi connectivity index (χ2v) is 2.96. The first kappa shape index (κ1) is 4.78. The van der Waals surface area contributed by atoms with Gasteiger partial charge in [-0.3, -0.25) is 0 Å². The van der Waals surface area contributed by atoms with Gasteiger partial charge in [-0.15, -0.1) is 0 Å². The summed E-state index contributed by atoms with van der Waals surface area (Å²) in [4.78, 5) is 0. The summed E-state index contributed by atoms with van der Waals surface area (Å²) in [7, 11) is 0. The minimum atomic E-state index is 0.744. The van der Waals surface area contributed by atoms with Crippen LogP contribution >= 0.6 is 0 Å². The molecule has 0 saturated heterocycles. The molecule has 0 atom stereocenters. The van der Waals surface area contributed by atoms with Crippen LogP contribution in [0.5, 0.6) is 5.75 Å². The highest BCUT2D eigenvalue weighted by Gasteiger charge is 2.35. The Labute approximate surface area is 59.6 Å². The zero-order chi connectivity index (χ0) is 6.55. The van der Waals surface area contributed by atoms with Crippen molar-refractivity contribution in [1.29, 1.82) is 0 Å². The standard InChI is InChI=1S/C9H8O/c1-2-7-6-4-5-10-9(7)8(6)3-1/h1-3,6H,4-5H2. The van der Waals surface area contributed by atoms with Crippen molar-refractivity contribution in [2.24, 2.45) is 0 Å². The second-order valence-electron chi connectivity index (χ2n) is 2.96. The quantitative estimate of drug-likeness (QED) is 0.524. The van der Waals surface area contributed by atoms with E-state index >= 15 is 0 Å². The minimum absolute atomic E-state index is 0.744. The molecule has 0 N–H and O–H groups in total. The fraction of sp³-hybridized carbons (Fsp3) is 0.333. The normalized spacial score (nSPS) is 19.6. The van der Waals surface area contributed by atoms with Crippen molar-refractivity contribution in [3.8, 4) is 5.75 Å². The molecular weight excluding hydrogens is 124 g/mol. The molecule has 50 valence electrons. The van der Waals surface area contributed by atoms with E-state index in [1.165, 1.54) is 23.3 Å². The predicted octanol–water partition coefficient (Wildman–Crippen LogP) is 1.91. The molecule has 2 aliphatic carbocycles. The van der Waals surface area contributed by atoms with Gasteiger partial charge in [-0.05, 0) is 6.42 Å². The lowest BCUT2D eigenvalue weighted by atomic mass is 9.75. The minimum Gasteiger partial charge on any atom is -0.493 e. The maximum absolute atomic E-state index is 5.47. The van der Waals surface area contributed by atoms with Gasteiger partial charge in [-0.25, -0.2) is 0 Å². The van der Waals surface area contributed by atoms with E-state index in [-0.39, 0.29) is 0 Å². The number of fused-ring (bicyclic) bond motifs is 2. The van der Waals surface area contributed by atoms with Crippen LogP contribution in [0.25, 0.3) is 0 Å². The summed E-state index contributed by atoms with van der Waals surface area (Å²) < 4.78 is 5.47. The first-order valence-corrected chi connectivity index (χ1v) is 3.72. The molecule has 1 nitrogen and oxygen atoms in total. The van der Waals surface area contributed by atoms with Gasteiger partial charge in [0.2, 0.25) is 0 Å². The molecule has 4 rings (SSSR count). The fourth-order valence-electron chi connectivity index (χ4n) is 1.97. The van der Waals surface area contributed by atoms with Gasteiger partial charge in [0.25, 0.3) is 0 Å². The molecule has 0 aromatic heterocycles. The molecule has 0 fully saturated rings. The van der Waals surface area contributed by atoms with Gasteiger partial charge >= 0.3 is 0 Å². The van der Waals surface area contributed by atoms with Gasteiger partial charge in [0.1, 0.15) is 5.75 Å². The van der Waals surface area contributed by atoms with Gasteiger partial charge in [-0.1, -0.05) is 18.2 Å². The number of hydrogen-bond donors (Lipinski definition) is 0. The Hall–Kier alpha value is -0.980. The van der Waals surface area contributed by atoms with E-state index in [4.69, 9.17) is 4.74 Å². The molecule has 0 spiro atoms. The molecular formula is C9H8O. The van der Waals surface area contributed by atoms with E-state index in [1.54, 1.807) is 0 Å². The summed E-state index contributed by atoms with van der Waals surface area (Å²) in [5.74, 6) is 1.92. The number of hydrogen-bond acceptors (Lipinski definition) is 1. The van der Waals surface area contributed by atoms with Crippen LogP contribution in [0, 0.1) is 0 Å². The van der Waals surface area contributed by atoms with Crippen molar-refractivity contribution in [1.82, 2.24) is 0 Å². The van der Waals surface area contributed by atoms with Gasteiger partial charge in [0.05, 0.1) is 6.61 Å². The number of ether oxygens (including phenoxy) is 1. The summed E-state index contributed by atoms with van der Waals surface area (Å²) in [6.45, 7) is 0.925. The predicted molar refractivity (Wildman–Crippen MR) is 38.4 cm³/mol. The van der Waals surface area contributed by atoms with Gasteiger partial charge in [0.15, 0.2) is 0 Å².